The third-order valence-corrected chi connectivity index (χ3v) is 4.05. The van der Waals surface area contributed by atoms with E-state index < -0.39 is 5.97 Å². The smallest absolute Gasteiger partial charge is 0.284 e. The van der Waals surface area contributed by atoms with E-state index >= 15 is 0 Å². The minimum atomic E-state index is -0.782. The topological polar surface area (TPSA) is 43.0 Å². The monoisotopic (exact) mass is 242 g/mol. The molecular weight excluding hydrogens is 220 g/mol. The van der Waals surface area contributed by atoms with Crippen molar-refractivity contribution in [2.75, 3.05) is 46.5 Å². The van der Waals surface area contributed by atoms with Crippen LogP contribution in [0.1, 0.15) is 13.3 Å². The van der Waals surface area contributed by atoms with Crippen molar-refractivity contribution < 1.29 is 14.2 Å². The number of ether oxygens (including phenoxy) is 3. The molecule has 0 spiro atoms. The molecule has 0 amide bonds. The van der Waals surface area contributed by atoms with Gasteiger partial charge < -0.3 is 24.4 Å². The summed E-state index contributed by atoms with van der Waals surface area (Å²) < 4.78 is 17.5. The first kappa shape index (κ1) is 11.9. The molecule has 5 heteroatoms. The van der Waals surface area contributed by atoms with Gasteiger partial charge in [-0.2, -0.15) is 0 Å². The van der Waals surface area contributed by atoms with E-state index in [-0.39, 0.29) is 5.41 Å². The molecule has 1 unspecified atom stereocenters. The van der Waals surface area contributed by atoms with Gasteiger partial charge in [0, 0.05) is 37.5 Å². The lowest BCUT2D eigenvalue weighted by atomic mass is 9.91. The lowest BCUT2D eigenvalue weighted by molar-refractivity contribution is -0.469. The molecule has 4 rings (SSSR count). The van der Waals surface area contributed by atoms with E-state index in [0.717, 1.165) is 45.9 Å². The van der Waals surface area contributed by atoms with Gasteiger partial charge >= 0.3 is 0 Å². The number of hydrogen-bond donors (Lipinski definition) is 1. The number of piperazine rings is 1. The molecule has 2 bridgehead atoms. The zero-order valence-electron chi connectivity index (χ0n) is 10.7. The first-order chi connectivity index (χ1) is 8.11. The Kier molecular flexibility index (Phi) is 2.91. The highest BCUT2D eigenvalue weighted by Gasteiger charge is 2.51. The van der Waals surface area contributed by atoms with Gasteiger partial charge in [-0.3, -0.25) is 0 Å². The molecule has 0 saturated carbocycles. The highest BCUT2D eigenvalue weighted by molar-refractivity contribution is 4.88. The van der Waals surface area contributed by atoms with Crippen LogP contribution in [0, 0.1) is 5.41 Å². The summed E-state index contributed by atoms with van der Waals surface area (Å²) in [7, 11) is 2.15. The number of hydrogen-bond acceptors (Lipinski definition) is 5. The first-order valence-corrected chi connectivity index (χ1v) is 6.44. The number of rotatable bonds is 2. The van der Waals surface area contributed by atoms with Gasteiger partial charge in [-0.25, -0.2) is 0 Å². The van der Waals surface area contributed by atoms with Crippen LogP contribution in [0.2, 0.25) is 0 Å². The molecule has 1 N–H and O–H groups in total. The average molecular weight is 242 g/mol. The van der Waals surface area contributed by atoms with Crippen LogP contribution in [0.4, 0.5) is 0 Å². The standard InChI is InChI=1S/C12H22N2O3/c1-11-7-15-12(16-8-11,17-9-11)5-10-6-13-3-4-14(10)2/h10,13H,3-9H2,1-2H3. The van der Waals surface area contributed by atoms with Crippen LogP contribution in [-0.4, -0.2) is 63.4 Å². The molecule has 0 aromatic rings. The summed E-state index contributed by atoms with van der Waals surface area (Å²) in [6, 6.07) is 0.422. The molecule has 4 heterocycles. The Hall–Kier alpha value is -0.200. The predicted molar refractivity (Wildman–Crippen MR) is 62.6 cm³/mol. The van der Waals surface area contributed by atoms with Crippen LogP contribution in [0.15, 0.2) is 0 Å². The van der Waals surface area contributed by atoms with Gasteiger partial charge in [-0.15, -0.1) is 0 Å². The van der Waals surface area contributed by atoms with Gasteiger partial charge in [0.25, 0.3) is 5.97 Å². The van der Waals surface area contributed by atoms with E-state index in [0.29, 0.717) is 6.04 Å². The Morgan fingerprint density at radius 1 is 1.24 bits per heavy atom. The molecular formula is C12H22N2O3. The molecule has 4 saturated heterocycles. The zero-order chi connectivity index (χ0) is 11.9. The molecule has 4 fully saturated rings. The van der Waals surface area contributed by atoms with Gasteiger partial charge in [0.15, 0.2) is 0 Å². The maximum Gasteiger partial charge on any atom is 0.284 e. The molecule has 0 aromatic carbocycles. The lowest BCUT2D eigenvalue weighted by Crippen LogP contribution is -2.62. The fraction of sp³-hybridized carbons (Fsp3) is 1.00. The normalized spacial score (nSPS) is 47.3. The quantitative estimate of drug-likeness (QED) is 0.739. The number of likely N-dealkylation sites (N-methyl/N-ethyl adjacent to an activating group) is 1. The summed E-state index contributed by atoms with van der Waals surface area (Å²) in [5.41, 5.74) is 0.0540. The second kappa shape index (κ2) is 4.17. The molecule has 1 atom stereocenters. The van der Waals surface area contributed by atoms with Crippen LogP contribution in [0.25, 0.3) is 0 Å². The summed E-state index contributed by atoms with van der Waals surface area (Å²) in [5.74, 6) is -0.782. The molecule has 17 heavy (non-hydrogen) atoms. The van der Waals surface area contributed by atoms with Crippen molar-refractivity contribution in [1.82, 2.24) is 10.2 Å². The SMILES string of the molecule is CN1CCNCC1CC12OCC(C)(CO1)CO2. The Bertz CT molecular complexity index is 273. The summed E-state index contributed by atoms with van der Waals surface area (Å²) in [5, 5.41) is 3.41. The minimum Gasteiger partial charge on any atom is -0.327 e. The summed E-state index contributed by atoms with van der Waals surface area (Å²) >= 11 is 0. The molecule has 4 aliphatic heterocycles. The van der Waals surface area contributed by atoms with E-state index in [2.05, 4.69) is 24.2 Å². The van der Waals surface area contributed by atoms with Gasteiger partial charge in [0.2, 0.25) is 0 Å². The Morgan fingerprint density at radius 2 is 1.88 bits per heavy atom. The van der Waals surface area contributed by atoms with E-state index in [4.69, 9.17) is 14.2 Å². The molecule has 98 valence electrons. The Labute approximate surface area is 102 Å². The third kappa shape index (κ3) is 2.22. The Balaban J connectivity index is 1.64. The van der Waals surface area contributed by atoms with E-state index in [1.165, 1.54) is 0 Å². The zero-order valence-corrected chi connectivity index (χ0v) is 10.7. The number of nitrogens with zero attached hydrogens (tertiary/aromatic N) is 1. The van der Waals surface area contributed by atoms with Crippen LogP contribution < -0.4 is 5.32 Å². The second-order valence-corrected chi connectivity index (χ2v) is 5.90. The van der Waals surface area contributed by atoms with E-state index in [1.807, 2.05) is 0 Å². The van der Waals surface area contributed by atoms with Crippen molar-refractivity contribution in [2.24, 2.45) is 5.41 Å². The maximum absolute atomic E-state index is 5.82. The molecule has 4 aliphatic rings. The molecule has 0 aromatic heterocycles. The number of fused-ring (bicyclic) bond motifs is 3. The van der Waals surface area contributed by atoms with Crippen molar-refractivity contribution in [3.05, 3.63) is 0 Å². The first-order valence-electron chi connectivity index (χ1n) is 6.44. The fourth-order valence-corrected chi connectivity index (χ4v) is 2.66. The highest BCUT2D eigenvalue weighted by atomic mass is 16.9. The van der Waals surface area contributed by atoms with Crippen LogP contribution in [-0.2, 0) is 14.2 Å². The van der Waals surface area contributed by atoms with Crippen molar-refractivity contribution in [1.29, 1.82) is 0 Å². The van der Waals surface area contributed by atoms with Crippen LogP contribution >= 0.6 is 0 Å². The van der Waals surface area contributed by atoms with E-state index in [1.54, 1.807) is 0 Å². The van der Waals surface area contributed by atoms with Gasteiger partial charge in [-0.1, -0.05) is 6.92 Å². The third-order valence-electron chi connectivity index (χ3n) is 4.05. The highest BCUT2D eigenvalue weighted by Crippen LogP contribution is 2.40. The molecule has 0 aliphatic carbocycles. The molecule has 0 radical (unpaired) electrons. The lowest BCUT2D eigenvalue weighted by Gasteiger charge is -2.52. The Morgan fingerprint density at radius 3 is 2.47 bits per heavy atom. The van der Waals surface area contributed by atoms with Crippen molar-refractivity contribution in [2.45, 2.75) is 25.4 Å². The fourth-order valence-electron chi connectivity index (χ4n) is 2.66. The van der Waals surface area contributed by atoms with Gasteiger partial charge in [0.1, 0.15) is 0 Å². The largest absolute Gasteiger partial charge is 0.327 e. The molecule has 5 nitrogen and oxygen atoms in total. The second-order valence-electron chi connectivity index (χ2n) is 5.90. The predicted octanol–water partition coefficient (Wildman–Crippen LogP) is 0.0172. The number of nitrogens with one attached hydrogen (secondary N) is 1. The van der Waals surface area contributed by atoms with Gasteiger partial charge in [0.05, 0.1) is 19.8 Å². The maximum atomic E-state index is 5.82. The van der Waals surface area contributed by atoms with Crippen LogP contribution in [0.5, 0.6) is 0 Å². The van der Waals surface area contributed by atoms with E-state index in [9.17, 15) is 0 Å². The van der Waals surface area contributed by atoms with Crippen molar-refractivity contribution >= 4 is 0 Å². The average Bonchev–Trinajstić information content (AvgIpc) is 2.35. The summed E-state index contributed by atoms with van der Waals surface area (Å²) in [6.07, 6.45) is 0.784. The minimum absolute atomic E-state index is 0.0540. The van der Waals surface area contributed by atoms with Crippen LogP contribution in [0.3, 0.4) is 0 Å². The summed E-state index contributed by atoms with van der Waals surface area (Å²) in [4.78, 5) is 2.35. The van der Waals surface area contributed by atoms with Crippen molar-refractivity contribution in [3.63, 3.8) is 0 Å². The van der Waals surface area contributed by atoms with Crippen molar-refractivity contribution in [3.8, 4) is 0 Å². The summed E-state index contributed by atoms with van der Waals surface area (Å²) in [6.45, 7) is 7.49. The van der Waals surface area contributed by atoms with Gasteiger partial charge in [-0.05, 0) is 7.05 Å².